The quantitative estimate of drug-likeness (QED) is 0.0411. The third-order valence-corrected chi connectivity index (χ3v) is 11.1. The number of carboxylic acids is 4. The molecule has 0 atom stereocenters. The van der Waals surface area contributed by atoms with Crippen LogP contribution in [0, 0.1) is 0 Å². The largest absolute Gasteiger partial charge is 0.490 e. The Hall–Kier alpha value is -8.48. The Morgan fingerprint density at radius 1 is 0.350 bits per heavy atom. The molecular weight excluding hydrogens is 1100 g/mol. The van der Waals surface area contributed by atoms with Crippen LogP contribution in [0.3, 0.4) is 0 Å². The molecule has 0 bridgehead atoms. The standard InChI is InChI=1S/C42H40N6O4.4C2HF3O2/c49-39-31-13-5-3-11-29(31)37-35(39)27-9-1-7-15-33(27)41(51)47(37)25-23-45-21-19-43-17-18-44-20-22-46-24-26-48-38-30-12-4-6-14-32(30)40(50)36(38)28-10-2-8-16-34(28)42(48)52;4*3-2(4,5)1(6)7/h1-16,43-46H,17-26H2;4*(H,6,7). The summed E-state index contributed by atoms with van der Waals surface area (Å²) in [5, 5.41) is 44.8. The van der Waals surface area contributed by atoms with Crippen LogP contribution < -0.4 is 32.4 Å². The minimum Gasteiger partial charge on any atom is -0.475 e. The van der Waals surface area contributed by atoms with E-state index in [9.17, 15) is 71.9 Å². The second-order valence-electron chi connectivity index (χ2n) is 16.4. The molecular formula is C50H44F12N6O12. The maximum absolute atomic E-state index is 13.5. The van der Waals surface area contributed by atoms with E-state index in [1.165, 1.54) is 0 Å². The predicted octanol–water partition coefficient (Wildman–Crippen LogP) is 6.33. The summed E-state index contributed by atoms with van der Waals surface area (Å²) in [7, 11) is 0. The molecule has 2 aromatic heterocycles. The average Bonchev–Trinajstić information content (AvgIpc) is 3.85. The second-order valence-corrected chi connectivity index (χ2v) is 16.4. The molecule has 80 heavy (non-hydrogen) atoms. The van der Waals surface area contributed by atoms with Gasteiger partial charge in [0.15, 0.2) is 11.6 Å². The highest BCUT2D eigenvalue weighted by Crippen LogP contribution is 2.40. The summed E-state index contributed by atoms with van der Waals surface area (Å²) in [6.07, 6.45) is -20.3. The zero-order valence-electron chi connectivity index (χ0n) is 40.8. The maximum Gasteiger partial charge on any atom is 0.490 e. The number of hydrogen-bond acceptors (Lipinski definition) is 12. The minimum absolute atomic E-state index is 0.0249. The van der Waals surface area contributed by atoms with Crippen LogP contribution in [0.4, 0.5) is 52.7 Å². The van der Waals surface area contributed by atoms with Gasteiger partial charge in [0.05, 0.1) is 22.5 Å². The average molecular weight is 1150 g/mol. The monoisotopic (exact) mass is 1150 g/mol. The number of nitrogens with one attached hydrogen (secondary N) is 4. The fourth-order valence-electron chi connectivity index (χ4n) is 7.70. The summed E-state index contributed by atoms with van der Waals surface area (Å²) < 4.78 is 130. The summed E-state index contributed by atoms with van der Waals surface area (Å²) in [5.74, 6) is -11.1. The predicted molar refractivity (Wildman–Crippen MR) is 260 cm³/mol. The molecule has 18 nitrogen and oxygen atoms in total. The number of fused-ring (bicyclic) bond motifs is 10. The Kier molecular flexibility index (Phi) is 21.9. The first kappa shape index (κ1) is 64.0. The van der Waals surface area contributed by atoms with Crippen LogP contribution in [-0.4, -0.2) is 142 Å². The molecule has 0 fully saturated rings. The lowest BCUT2D eigenvalue weighted by Crippen LogP contribution is -2.37. The zero-order chi connectivity index (χ0) is 59.9. The fraction of sp³-hybridized carbons (Fsp3) is 0.280. The number of nitrogens with zero attached hydrogens (tertiary/aromatic N) is 2. The molecule has 0 saturated heterocycles. The van der Waals surface area contributed by atoms with Gasteiger partial charge in [-0.05, 0) is 12.1 Å². The van der Waals surface area contributed by atoms with Crippen LogP contribution in [-0.2, 0) is 32.3 Å². The summed E-state index contributed by atoms with van der Waals surface area (Å²) in [6, 6.07) is 29.8. The number of rotatable bonds is 15. The lowest BCUT2D eigenvalue weighted by molar-refractivity contribution is -0.193. The van der Waals surface area contributed by atoms with Crippen molar-refractivity contribution in [1.29, 1.82) is 0 Å². The van der Waals surface area contributed by atoms with Gasteiger partial charge in [0.1, 0.15) is 0 Å². The lowest BCUT2D eigenvalue weighted by atomic mass is 10.0. The summed E-state index contributed by atoms with van der Waals surface area (Å²) in [6.45, 7) is 6.80. The van der Waals surface area contributed by atoms with E-state index in [1.807, 2.05) is 84.9 Å². The molecule has 0 unspecified atom stereocenters. The first-order valence-electron chi connectivity index (χ1n) is 23.0. The first-order valence-corrected chi connectivity index (χ1v) is 23.0. The smallest absolute Gasteiger partial charge is 0.475 e. The molecule has 8 rings (SSSR count). The Balaban J connectivity index is 0.000000404. The topological polar surface area (TPSA) is 275 Å². The number of carbonyl (C=O) groups is 6. The Bertz CT molecular complexity index is 3110. The van der Waals surface area contributed by atoms with Crippen molar-refractivity contribution in [3.05, 3.63) is 140 Å². The van der Waals surface area contributed by atoms with Gasteiger partial charge >= 0.3 is 48.6 Å². The summed E-state index contributed by atoms with van der Waals surface area (Å²) in [5.41, 5.74) is 5.46. The molecule has 0 radical (unpaired) electrons. The number of halogens is 12. The molecule has 0 aliphatic heterocycles. The van der Waals surface area contributed by atoms with E-state index in [0.717, 1.165) is 61.8 Å². The summed E-state index contributed by atoms with van der Waals surface area (Å²) >= 11 is 0. The third-order valence-electron chi connectivity index (χ3n) is 11.1. The maximum atomic E-state index is 13.5. The van der Waals surface area contributed by atoms with Crippen LogP contribution in [0.2, 0.25) is 0 Å². The number of aromatic nitrogens is 2. The molecule has 30 heteroatoms. The zero-order valence-corrected chi connectivity index (χ0v) is 40.8. The lowest BCUT2D eigenvalue weighted by Gasteiger charge is -2.16. The minimum atomic E-state index is -5.08. The number of carboxylic acid groups (broad SMARTS) is 4. The van der Waals surface area contributed by atoms with Crippen molar-refractivity contribution in [3.8, 4) is 22.5 Å². The number of alkyl halides is 12. The molecule has 2 heterocycles. The molecule has 4 aromatic carbocycles. The van der Waals surface area contributed by atoms with Gasteiger partial charge < -0.3 is 50.8 Å². The van der Waals surface area contributed by atoms with Gasteiger partial charge in [-0.25, -0.2) is 19.2 Å². The molecule has 0 spiro atoms. The van der Waals surface area contributed by atoms with E-state index in [-0.39, 0.29) is 22.7 Å². The summed E-state index contributed by atoms with van der Waals surface area (Å²) in [4.78, 5) is 89.4. The Labute approximate surface area is 441 Å². The van der Waals surface area contributed by atoms with Crippen LogP contribution in [0.5, 0.6) is 0 Å². The van der Waals surface area contributed by atoms with Crippen molar-refractivity contribution in [3.63, 3.8) is 0 Å². The highest BCUT2D eigenvalue weighted by atomic mass is 19.4. The van der Waals surface area contributed by atoms with Crippen molar-refractivity contribution in [2.75, 3.05) is 52.4 Å². The molecule has 0 amide bonds. The molecule has 0 saturated carbocycles. The van der Waals surface area contributed by atoms with E-state index < -0.39 is 48.6 Å². The van der Waals surface area contributed by atoms with Gasteiger partial charge in [-0.2, -0.15) is 52.7 Å². The number of hydrogen-bond donors (Lipinski definition) is 8. The van der Waals surface area contributed by atoms with E-state index in [0.29, 0.717) is 70.0 Å². The van der Waals surface area contributed by atoms with Crippen LogP contribution in [0.1, 0.15) is 31.8 Å². The van der Waals surface area contributed by atoms with Gasteiger partial charge in [0, 0.05) is 109 Å². The number of aliphatic carboxylic acids is 4. The van der Waals surface area contributed by atoms with Gasteiger partial charge in [-0.15, -0.1) is 0 Å². The molecule has 430 valence electrons. The molecule has 8 N–H and O–H groups in total. The van der Waals surface area contributed by atoms with E-state index in [4.69, 9.17) is 39.6 Å². The number of pyridine rings is 2. The molecule has 2 aliphatic carbocycles. The van der Waals surface area contributed by atoms with E-state index >= 15 is 0 Å². The highest BCUT2D eigenvalue weighted by Gasteiger charge is 2.40. The highest BCUT2D eigenvalue weighted by molar-refractivity contribution is 6.27. The first-order chi connectivity index (χ1) is 37.3. The van der Waals surface area contributed by atoms with Crippen molar-refractivity contribution in [2.24, 2.45) is 0 Å². The van der Waals surface area contributed by atoms with Gasteiger partial charge in [-0.1, -0.05) is 84.9 Å². The van der Waals surface area contributed by atoms with E-state index in [2.05, 4.69) is 21.3 Å². The number of carbonyl (C=O) groups excluding carboxylic acids is 2. The fourth-order valence-corrected chi connectivity index (χ4v) is 7.70. The van der Waals surface area contributed by atoms with Crippen LogP contribution in [0.15, 0.2) is 107 Å². The van der Waals surface area contributed by atoms with Crippen molar-refractivity contribution in [2.45, 2.75) is 37.8 Å². The Morgan fingerprint density at radius 3 is 0.812 bits per heavy atom. The van der Waals surface area contributed by atoms with Crippen molar-refractivity contribution < 1.29 is 102 Å². The van der Waals surface area contributed by atoms with Gasteiger partial charge in [0.25, 0.3) is 11.1 Å². The normalized spacial score (nSPS) is 12.2. The van der Waals surface area contributed by atoms with Crippen LogP contribution in [0.25, 0.3) is 44.1 Å². The number of benzene rings is 4. The molecule has 2 aliphatic rings. The van der Waals surface area contributed by atoms with Crippen LogP contribution >= 0.6 is 0 Å². The van der Waals surface area contributed by atoms with Gasteiger partial charge in [-0.3, -0.25) is 19.2 Å². The van der Waals surface area contributed by atoms with Gasteiger partial charge in [0.2, 0.25) is 0 Å². The third kappa shape index (κ3) is 16.5. The SMILES string of the molecule is O=C(O)C(F)(F)F.O=C(O)C(F)(F)F.O=C(O)C(F)(F)F.O=C(O)C(F)(F)F.O=C1c2ccccc2-c2c1c1ccccc1c(=O)n2CCNCCNCCNCCNCCn1c2c(c3ccccc3c1=O)C(=O)c1ccccc1-2. The molecule has 6 aromatic rings. The van der Waals surface area contributed by atoms with Crippen molar-refractivity contribution >= 4 is 57.0 Å². The second kappa shape index (κ2) is 27.4. The van der Waals surface area contributed by atoms with E-state index in [1.54, 1.807) is 21.3 Å². The Morgan fingerprint density at radius 2 is 0.562 bits per heavy atom. The number of ketones is 2. The van der Waals surface area contributed by atoms with Crippen molar-refractivity contribution in [1.82, 2.24) is 30.4 Å².